The average Bonchev–Trinajstić information content (AvgIpc) is 3.13. The van der Waals surface area contributed by atoms with E-state index < -0.39 is 20.7 Å². The average molecular weight is 384 g/mol. The number of carbonyl (C=O) groups is 1. The van der Waals surface area contributed by atoms with E-state index in [2.05, 4.69) is 0 Å². The third kappa shape index (κ3) is 3.80. The highest BCUT2D eigenvalue weighted by molar-refractivity contribution is 7.90. The monoisotopic (exact) mass is 384 g/mol. The van der Waals surface area contributed by atoms with Crippen molar-refractivity contribution in [3.05, 3.63) is 93.8 Å². The molecule has 0 aliphatic rings. The number of non-ortho nitro benzene ring substituents is 1. The first-order valence-electron chi connectivity index (χ1n) is 8.05. The van der Waals surface area contributed by atoms with Crippen molar-refractivity contribution in [3.63, 3.8) is 0 Å². The van der Waals surface area contributed by atoms with Crippen LogP contribution in [0.25, 0.3) is 0 Å². The minimum Gasteiger partial charge on any atom is -0.292 e. The van der Waals surface area contributed by atoms with Crippen molar-refractivity contribution in [2.24, 2.45) is 0 Å². The Morgan fingerprint density at radius 2 is 1.67 bits per heavy atom. The fourth-order valence-corrected chi connectivity index (χ4v) is 3.99. The van der Waals surface area contributed by atoms with E-state index in [9.17, 15) is 23.3 Å². The van der Waals surface area contributed by atoms with Crippen LogP contribution in [0.4, 0.5) is 5.69 Å². The van der Waals surface area contributed by atoms with Gasteiger partial charge in [0, 0.05) is 24.8 Å². The fourth-order valence-electron chi connectivity index (χ4n) is 2.63. The maximum Gasteiger partial charge on any atom is 0.269 e. The minimum absolute atomic E-state index is 0.0360. The second-order valence-electron chi connectivity index (χ2n) is 6.03. The van der Waals surface area contributed by atoms with Crippen LogP contribution in [-0.4, -0.2) is 23.1 Å². The Balaban J connectivity index is 1.88. The van der Waals surface area contributed by atoms with Crippen molar-refractivity contribution in [1.29, 1.82) is 0 Å². The Bertz CT molecular complexity index is 1100. The summed E-state index contributed by atoms with van der Waals surface area (Å²) in [4.78, 5) is 22.9. The number of aryl methyl sites for hydroxylation is 1. The van der Waals surface area contributed by atoms with Gasteiger partial charge in [0.2, 0.25) is 0 Å². The van der Waals surface area contributed by atoms with Gasteiger partial charge < -0.3 is 0 Å². The molecule has 2 aromatic carbocycles. The number of nitro groups is 1. The van der Waals surface area contributed by atoms with Gasteiger partial charge in [-0.05, 0) is 36.8 Å². The van der Waals surface area contributed by atoms with Crippen LogP contribution in [0, 0.1) is 17.0 Å². The van der Waals surface area contributed by atoms with Gasteiger partial charge in [0.25, 0.3) is 15.7 Å². The Morgan fingerprint density at radius 3 is 2.26 bits per heavy atom. The number of ketones is 1. The van der Waals surface area contributed by atoms with Gasteiger partial charge in [-0.2, -0.15) is 0 Å². The standard InChI is InChI=1S/C19H16N2O5S/c1-14-4-10-17(11-5-14)27(25,26)20-12-2-3-18(20)19(22)13-15-6-8-16(9-7-15)21(23)24/h2-12H,13H2,1H3. The summed E-state index contributed by atoms with van der Waals surface area (Å²) in [5.41, 5.74) is 1.45. The molecule has 0 aliphatic carbocycles. The second kappa shape index (κ2) is 7.16. The Morgan fingerprint density at radius 1 is 1.04 bits per heavy atom. The quantitative estimate of drug-likeness (QED) is 0.369. The molecule has 3 aromatic rings. The summed E-state index contributed by atoms with van der Waals surface area (Å²) >= 11 is 0. The molecule has 1 heterocycles. The molecule has 8 heteroatoms. The molecule has 0 saturated heterocycles. The van der Waals surface area contributed by atoms with E-state index in [0.29, 0.717) is 5.56 Å². The number of Topliss-reactive ketones (excluding diaryl/α,β-unsaturated/α-hetero) is 1. The second-order valence-corrected chi connectivity index (χ2v) is 7.85. The highest BCUT2D eigenvalue weighted by Gasteiger charge is 2.22. The van der Waals surface area contributed by atoms with Crippen LogP contribution >= 0.6 is 0 Å². The maximum absolute atomic E-state index is 12.8. The number of aromatic nitrogens is 1. The molecule has 0 amide bonds. The van der Waals surface area contributed by atoms with Crippen LogP contribution in [0.3, 0.4) is 0 Å². The minimum atomic E-state index is -3.89. The van der Waals surface area contributed by atoms with Gasteiger partial charge in [0.15, 0.2) is 5.78 Å². The normalized spacial score (nSPS) is 11.3. The summed E-state index contributed by atoms with van der Waals surface area (Å²) in [6.45, 7) is 1.85. The van der Waals surface area contributed by atoms with Crippen molar-refractivity contribution < 1.29 is 18.1 Å². The van der Waals surface area contributed by atoms with E-state index in [1.54, 1.807) is 12.1 Å². The molecule has 27 heavy (non-hydrogen) atoms. The predicted molar refractivity (Wildman–Crippen MR) is 99.3 cm³/mol. The Labute approximate surface area is 156 Å². The predicted octanol–water partition coefficient (Wildman–Crippen LogP) is 3.37. The van der Waals surface area contributed by atoms with Gasteiger partial charge >= 0.3 is 0 Å². The lowest BCUT2D eigenvalue weighted by atomic mass is 10.1. The lowest BCUT2D eigenvalue weighted by Gasteiger charge is -2.10. The first-order chi connectivity index (χ1) is 12.8. The largest absolute Gasteiger partial charge is 0.292 e. The third-order valence-corrected chi connectivity index (χ3v) is 5.79. The van der Waals surface area contributed by atoms with Crippen molar-refractivity contribution in [3.8, 4) is 0 Å². The molecule has 0 unspecified atom stereocenters. The lowest BCUT2D eigenvalue weighted by molar-refractivity contribution is -0.384. The molecule has 1 aromatic heterocycles. The molecule has 0 atom stereocenters. The molecule has 0 spiro atoms. The number of carbonyl (C=O) groups excluding carboxylic acids is 1. The van der Waals surface area contributed by atoms with E-state index in [1.807, 2.05) is 6.92 Å². The van der Waals surface area contributed by atoms with E-state index in [1.165, 1.54) is 54.7 Å². The van der Waals surface area contributed by atoms with Crippen molar-refractivity contribution in [1.82, 2.24) is 3.97 Å². The highest BCUT2D eigenvalue weighted by atomic mass is 32.2. The van der Waals surface area contributed by atoms with Crippen molar-refractivity contribution in [2.75, 3.05) is 0 Å². The lowest BCUT2D eigenvalue weighted by Crippen LogP contribution is -2.18. The summed E-state index contributed by atoms with van der Waals surface area (Å²) in [6, 6.07) is 14.9. The molecule has 0 aliphatic heterocycles. The van der Waals surface area contributed by atoms with Gasteiger partial charge in [0.05, 0.1) is 9.82 Å². The molecule has 0 fully saturated rings. The van der Waals surface area contributed by atoms with Gasteiger partial charge in [-0.15, -0.1) is 0 Å². The summed E-state index contributed by atoms with van der Waals surface area (Å²) in [5.74, 6) is -0.399. The van der Waals surface area contributed by atoms with Gasteiger partial charge in [0.1, 0.15) is 5.69 Å². The molecule has 0 bridgehead atoms. The highest BCUT2D eigenvalue weighted by Crippen LogP contribution is 2.19. The zero-order chi connectivity index (χ0) is 19.6. The van der Waals surface area contributed by atoms with Crippen molar-refractivity contribution >= 4 is 21.5 Å². The number of hydrogen-bond acceptors (Lipinski definition) is 5. The van der Waals surface area contributed by atoms with E-state index in [4.69, 9.17) is 0 Å². The van der Waals surface area contributed by atoms with E-state index >= 15 is 0 Å². The molecule has 7 nitrogen and oxygen atoms in total. The summed E-state index contributed by atoms with van der Waals surface area (Å²) in [5, 5.41) is 10.7. The van der Waals surface area contributed by atoms with Crippen LogP contribution in [0.15, 0.2) is 71.8 Å². The first-order valence-corrected chi connectivity index (χ1v) is 9.49. The van der Waals surface area contributed by atoms with Crippen LogP contribution in [0.5, 0.6) is 0 Å². The zero-order valence-corrected chi connectivity index (χ0v) is 15.2. The topological polar surface area (TPSA) is 99.3 Å². The SMILES string of the molecule is Cc1ccc(S(=O)(=O)n2cccc2C(=O)Cc2ccc([N+](=O)[O-])cc2)cc1. The van der Waals surface area contributed by atoms with Crippen LogP contribution < -0.4 is 0 Å². The van der Waals surface area contributed by atoms with E-state index in [-0.39, 0.29) is 22.7 Å². The maximum atomic E-state index is 12.8. The number of hydrogen-bond donors (Lipinski definition) is 0. The third-order valence-electron chi connectivity index (χ3n) is 4.09. The molecular weight excluding hydrogens is 368 g/mol. The Kier molecular flexibility index (Phi) is 4.91. The van der Waals surface area contributed by atoms with Gasteiger partial charge in [-0.25, -0.2) is 12.4 Å². The zero-order valence-electron chi connectivity index (χ0n) is 14.4. The fraction of sp³-hybridized carbons (Fsp3) is 0.105. The summed E-state index contributed by atoms with van der Waals surface area (Å²) < 4.78 is 26.6. The molecule has 0 radical (unpaired) electrons. The molecule has 3 rings (SSSR count). The van der Waals surface area contributed by atoms with Crippen molar-refractivity contribution in [2.45, 2.75) is 18.2 Å². The number of benzene rings is 2. The van der Waals surface area contributed by atoms with Crippen LogP contribution in [0.1, 0.15) is 21.6 Å². The number of nitro benzene ring substituents is 1. The summed E-state index contributed by atoms with van der Waals surface area (Å²) in [6.07, 6.45) is 1.27. The van der Waals surface area contributed by atoms with Crippen LogP contribution in [-0.2, 0) is 16.4 Å². The van der Waals surface area contributed by atoms with Gasteiger partial charge in [-0.3, -0.25) is 14.9 Å². The first kappa shape index (κ1) is 18.5. The molecule has 138 valence electrons. The van der Waals surface area contributed by atoms with E-state index in [0.717, 1.165) is 9.54 Å². The van der Waals surface area contributed by atoms with Crippen LogP contribution in [0.2, 0.25) is 0 Å². The number of rotatable bonds is 6. The van der Waals surface area contributed by atoms with Gasteiger partial charge in [-0.1, -0.05) is 29.8 Å². The Hall–Kier alpha value is -3.26. The smallest absolute Gasteiger partial charge is 0.269 e. The number of nitrogens with zero attached hydrogens (tertiary/aromatic N) is 2. The molecular formula is C19H16N2O5S. The molecule has 0 saturated carbocycles. The summed E-state index contributed by atoms with van der Waals surface area (Å²) in [7, 11) is -3.89. The molecule has 0 N–H and O–H groups in total.